The summed E-state index contributed by atoms with van der Waals surface area (Å²) in [6, 6.07) is 5.35. The van der Waals surface area contributed by atoms with Gasteiger partial charge in [0.1, 0.15) is 0 Å². The summed E-state index contributed by atoms with van der Waals surface area (Å²) in [5.41, 5.74) is 1.32. The molecule has 78 valence electrons. The van der Waals surface area contributed by atoms with Crippen molar-refractivity contribution in [2.24, 2.45) is 0 Å². The molecule has 2 heterocycles. The van der Waals surface area contributed by atoms with Gasteiger partial charge in [0.2, 0.25) is 0 Å². The fourth-order valence-corrected chi connectivity index (χ4v) is 2.11. The quantitative estimate of drug-likeness (QED) is 0.743. The Morgan fingerprint density at radius 3 is 3.07 bits per heavy atom. The lowest BCUT2D eigenvalue weighted by molar-refractivity contribution is 0.156. The molecular formula is C11H19N3. The first-order chi connectivity index (χ1) is 6.77. The van der Waals surface area contributed by atoms with Gasteiger partial charge in [0.05, 0.1) is 0 Å². The third-order valence-electron chi connectivity index (χ3n) is 3.02. The van der Waals surface area contributed by atoms with Crippen LogP contribution in [-0.2, 0) is 0 Å². The normalized spacial score (nSPS) is 26.3. The van der Waals surface area contributed by atoms with Gasteiger partial charge in [0.15, 0.2) is 0 Å². The van der Waals surface area contributed by atoms with Crippen LogP contribution in [0, 0.1) is 0 Å². The summed E-state index contributed by atoms with van der Waals surface area (Å²) in [5, 5.41) is 3.46. The number of hydrogen-bond acceptors (Lipinski definition) is 2. The van der Waals surface area contributed by atoms with Crippen molar-refractivity contribution in [2.45, 2.75) is 25.9 Å². The molecule has 0 unspecified atom stereocenters. The summed E-state index contributed by atoms with van der Waals surface area (Å²) in [7, 11) is 0. The van der Waals surface area contributed by atoms with Crippen LogP contribution in [0.1, 0.15) is 25.6 Å². The maximum absolute atomic E-state index is 3.46. The van der Waals surface area contributed by atoms with Crippen LogP contribution in [0.15, 0.2) is 18.3 Å². The molecular weight excluding hydrogens is 174 g/mol. The Kier molecular flexibility index (Phi) is 2.89. The molecule has 2 N–H and O–H groups in total. The molecule has 2 rings (SSSR count). The van der Waals surface area contributed by atoms with Gasteiger partial charge in [0, 0.05) is 43.6 Å². The van der Waals surface area contributed by atoms with Crippen LogP contribution in [0.2, 0.25) is 0 Å². The average Bonchev–Trinajstić information content (AvgIpc) is 2.69. The van der Waals surface area contributed by atoms with Gasteiger partial charge < -0.3 is 10.3 Å². The molecule has 0 aliphatic carbocycles. The molecule has 1 saturated heterocycles. The zero-order valence-corrected chi connectivity index (χ0v) is 8.96. The fraction of sp³-hybridized carbons (Fsp3) is 0.636. The Hall–Kier alpha value is -0.800. The third kappa shape index (κ3) is 1.99. The smallest absolute Gasteiger partial charge is 0.0471 e. The van der Waals surface area contributed by atoms with E-state index in [1.165, 1.54) is 5.69 Å². The number of nitrogens with one attached hydrogen (secondary N) is 2. The minimum Gasteiger partial charge on any atom is -0.364 e. The number of aromatic nitrogens is 1. The standard InChI is InChI=1S/C11H19N3/c1-9-8-14(7-6-12-9)10(2)11-4-3-5-13-11/h3-5,9-10,12-13H,6-8H2,1-2H3/t9-,10+/m1/s1. The summed E-state index contributed by atoms with van der Waals surface area (Å²) in [6.45, 7) is 7.90. The lowest BCUT2D eigenvalue weighted by atomic mass is 10.1. The highest BCUT2D eigenvalue weighted by atomic mass is 15.2. The zero-order chi connectivity index (χ0) is 9.97. The predicted molar refractivity (Wildman–Crippen MR) is 58.2 cm³/mol. The first-order valence-corrected chi connectivity index (χ1v) is 5.38. The molecule has 1 aliphatic heterocycles. The highest BCUT2D eigenvalue weighted by Gasteiger charge is 2.21. The number of H-pyrrole nitrogens is 1. The van der Waals surface area contributed by atoms with Crippen LogP contribution in [0.3, 0.4) is 0 Å². The molecule has 0 saturated carbocycles. The molecule has 0 amide bonds. The largest absolute Gasteiger partial charge is 0.364 e. The van der Waals surface area contributed by atoms with Gasteiger partial charge in [-0.1, -0.05) is 0 Å². The molecule has 1 aliphatic rings. The van der Waals surface area contributed by atoms with Crippen LogP contribution < -0.4 is 5.32 Å². The van der Waals surface area contributed by atoms with E-state index in [9.17, 15) is 0 Å². The second-order valence-corrected chi connectivity index (χ2v) is 4.15. The third-order valence-corrected chi connectivity index (χ3v) is 3.02. The van der Waals surface area contributed by atoms with E-state index >= 15 is 0 Å². The molecule has 3 nitrogen and oxygen atoms in total. The highest BCUT2D eigenvalue weighted by molar-refractivity contribution is 5.08. The molecule has 1 aromatic heterocycles. The average molecular weight is 193 g/mol. The van der Waals surface area contributed by atoms with Gasteiger partial charge in [-0.3, -0.25) is 4.90 Å². The van der Waals surface area contributed by atoms with Crippen LogP contribution in [0.4, 0.5) is 0 Å². The minimum atomic E-state index is 0.509. The SMILES string of the molecule is C[C@@H]1CN([C@@H](C)c2ccc[nH]2)CCN1. The molecule has 0 bridgehead atoms. The van der Waals surface area contributed by atoms with Gasteiger partial charge in [-0.2, -0.15) is 0 Å². The van der Waals surface area contributed by atoms with Crippen LogP contribution >= 0.6 is 0 Å². The minimum absolute atomic E-state index is 0.509. The number of nitrogens with zero attached hydrogens (tertiary/aromatic N) is 1. The van der Waals surface area contributed by atoms with Gasteiger partial charge in [-0.05, 0) is 26.0 Å². The first kappa shape index (κ1) is 9.74. The Morgan fingerprint density at radius 2 is 2.43 bits per heavy atom. The predicted octanol–water partition coefficient (Wildman–Crippen LogP) is 1.37. The van der Waals surface area contributed by atoms with Crippen molar-refractivity contribution in [3.8, 4) is 0 Å². The van der Waals surface area contributed by atoms with Crippen LogP contribution in [0.5, 0.6) is 0 Å². The summed E-state index contributed by atoms with van der Waals surface area (Å²) in [6.07, 6.45) is 2.00. The monoisotopic (exact) mass is 193 g/mol. The van der Waals surface area contributed by atoms with Crippen LogP contribution in [0.25, 0.3) is 0 Å². The van der Waals surface area contributed by atoms with E-state index in [1.54, 1.807) is 0 Å². The van der Waals surface area contributed by atoms with Crippen molar-refractivity contribution in [3.63, 3.8) is 0 Å². The van der Waals surface area contributed by atoms with Gasteiger partial charge >= 0.3 is 0 Å². The van der Waals surface area contributed by atoms with Gasteiger partial charge in [-0.15, -0.1) is 0 Å². The molecule has 0 spiro atoms. The van der Waals surface area contributed by atoms with E-state index in [0.29, 0.717) is 12.1 Å². The number of hydrogen-bond donors (Lipinski definition) is 2. The van der Waals surface area contributed by atoms with Gasteiger partial charge in [0.25, 0.3) is 0 Å². The van der Waals surface area contributed by atoms with Crippen molar-refractivity contribution in [3.05, 3.63) is 24.0 Å². The lowest BCUT2D eigenvalue weighted by Gasteiger charge is -2.35. The van der Waals surface area contributed by atoms with Gasteiger partial charge in [-0.25, -0.2) is 0 Å². The van der Waals surface area contributed by atoms with E-state index in [-0.39, 0.29) is 0 Å². The Labute approximate surface area is 85.5 Å². The topological polar surface area (TPSA) is 31.1 Å². The molecule has 3 heteroatoms. The summed E-state index contributed by atoms with van der Waals surface area (Å²) < 4.78 is 0. The fourth-order valence-electron chi connectivity index (χ4n) is 2.11. The number of rotatable bonds is 2. The maximum Gasteiger partial charge on any atom is 0.0471 e. The molecule has 0 aromatic carbocycles. The second kappa shape index (κ2) is 4.15. The van der Waals surface area contributed by atoms with E-state index < -0.39 is 0 Å². The summed E-state index contributed by atoms with van der Waals surface area (Å²) in [5.74, 6) is 0. The molecule has 0 radical (unpaired) electrons. The maximum atomic E-state index is 3.46. The Balaban J connectivity index is 2.00. The molecule has 2 atom stereocenters. The van der Waals surface area contributed by atoms with Crippen LogP contribution in [-0.4, -0.2) is 35.6 Å². The van der Waals surface area contributed by atoms with Crippen molar-refractivity contribution in [1.82, 2.24) is 15.2 Å². The molecule has 14 heavy (non-hydrogen) atoms. The van der Waals surface area contributed by atoms with Crippen molar-refractivity contribution in [1.29, 1.82) is 0 Å². The van der Waals surface area contributed by atoms with E-state index in [4.69, 9.17) is 0 Å². The molecule has 1 fully saturated rings. The summed E-state index contributed by atoms with van der Waals surface area (Å²) >= 11 is 0. The first-order valence-electron chi connectivity index (χ1n) is 5.38. The van der Waals surface area contributed by atoms with Crippen molar-refractivity contribution >= 4 is 0 Å². The number of aromatic amines is 1. The Morgan fingerprint density at radius 1 is 1.57 bits per heavy atom. The summed E-state index contributed by atoms with van der Waals surface area (Å²) in [4.78, 5) is 5.81. The second-order valence-electron chi connectivity index (χ2n) is 4.15. The van der Waals surface area contributed by atoms with E-state index in [1.807, 2.05) is 6.20 Å². The van der Waals surface area contributed by atoms with Crippen molar-refractivity contribution in [2.75, 3.05) is 19.6 Å². The zero-order valence-electron chi connectivity index (χ0n) is 8.96. The van der Waals surface area contributed by atoms with E-state index in [0.717, 1.165) is 19.6 Å². The number of piperazine rings is 1. The lowest BCUT2D eigenvalue weighted by Crippen LogP contribution is -2.49. The molecule has 1 aromatic rings. The van der Waals surface area contributed by atoms with Crippen molar-refractivity contribution < 1.29 is 0 Å². The highest BCUT2D eigenvalue weighted by Crippen LogP contribution is 2.19. The van der Waals surface area contributed by atoms with E-state index in [2.05, 4.69) is 41.2 Å². The Bertz CT molecular complexity index is 268.